The number of nitrogens with zero attached hydrogens (tertiary/aromatic N) is 2. The first-order valence-electron chi connectivity index (χ1n) is 9.41. The quantitative estimate of drug-likeness (QED) is 0.572. The summed E-state index contributed by atoms with van der Waals surface area (Å²) in [6.45, 7) is 3.67. The van der Waals surface area contributed by atoms with Gasteiger partial charge in [0.25, 0.3) is 0 Å². The highest BCUT2D eigenvalue weighted by Crippen LogP contribution is 2.69. The molecule has 5 rings (SSSR count). The Morgan fingerprint density at radius 1 is 1.31 bits per heavy atom. The fourth-order valence-electron chi connectivity index (χ4n) is 6.68. The summed E-state index contributed by atoms with van der Waals surface area (Å²) in [5, 5.41) is 0. The van der Waals surface area contributed by atoms with E-state index >= 15 is 0 Å². The van der Waals surface area contributed by atoms with Crippen molar-refractivity contribution < 1.29 is 14.3 Å². The first kappa shape index (κ1) is 16.1. The predicted molar refractivity (Wildman–Crippen MR) is 97.8 cm³/mol. The number of carbonyl (C=O) groups excluding carboxylic acids is 2. The van der Waals surface area contributed by atoms with E-state index in [4.69, 9.17) is 4.74 Å². The van der Waals surface area contributed by atoms with Gasteiger partial charge in [-0.15, -0.1) is 0 Å². The Morgan fingerprint density at radius 3 is 2.81 bits per heavy atom. The molecule has 1 saturated carbocycles. The second kappa shape index (κ2) is 4.97. The number of ether oxygens (including phenoxy) is 1. The number of hydrogen-bond acceptors (Lipinski definition) is 5. The van der Waals surface area contributed by atoms with Crippen LogP contribution in [0.25, 0.3) is 0 Å². The van der Waals surface area contributed by atoms with E-state index < -0.39 is 17.0 Å². The molecule has 0 radical (unpaired) electrons. The number of Topliss-reactive ketones (excluding diaryl/α,β-unsaturated/α-hetero) is 1. The minimum atomic E-state index is -0.759. The number of methoxy groups -OCH3 is 1. The summed E-state index contributed by atoms with van der Waals surface area (Å²) in [7, 11) is 3.47. The Hall–Kier alpha value is -2.14. The fraction of sp³-hybridized carbons (Fsp3) is 0.524. The van der Waals surface area contributed by atoms with Gasteiger partial charge in [-0.3, -0.25) is 14.5 Å². The third kappa shape index (κ3) is 1.39. The maximum Gasteiger partial charge on any atom is 0.310 e. The largest absolute Gasteiger partial charge is 0.469 e. The first-order valence-corrected chi connectivity index (χ1v) is 9.41. The van der Waals surface area contributed by atoms with Crippen molar-refractivity contribution in [3.63, 3.8) is 0 Å². The van der Waals surface area contributed by atoms with Crippen LogP contribution in [0.15, 0.2) is 35.9 Å². The molecule has 4 unspecified atom stereocenters. The van der Waals surface area contributed by atoms with Crippen LogP contribution < -0.4 is 4.90 Å². The van der Waals surface area contributed by atoms with Crippen molar-refractivity contribution in [3.8, 4) is 0 Å². The first-order chi connectivity index (χ1) is 12.6. The number of likely N-dealkylation sites (N-methyl/N-ethyl adjacent to an activating group) is 1. The molecule has 4 aliphatic rings. The smallest absolute Gasteiger partial charge is 0.310 e. The van der Waals surface area contributed by atoms with Crippen molar-refractivity contribution >= 4 is 17.4 Å². The molecule has 5 heteroatoms. The normalized spacial score (nSPS) is 39.1. The molecule has 0 amide bonds. The number of allylic oxidation sites excluding steroid dienone is 1. The molecular formula is C21H24N2O3. The van der Waals surface area contributed by atoms with Gasteiger partial charge < -0.3 is 9.64 Å². The van der Waals surface area contributed by atoms with Gasteiger partial charge in [-0.2, -0.15) is 0 Å². The summed E-state index contributed by atoms with van der Waals surface area (Å²) >= 11 is 0. The number of rotatable bonds is 1. The molecule has 2 saturated heterocycles. The third-order valence-electron chi connectivity index (χ3n) is 7.47. The van der Waals surface area contributed by atoms with Crippen molar-refractivity contribution in [3.05, 3.63) is 41.5 Å². The van der Waals surface area contributed by atoms with Gasteiger partial charge in [-0.1, -0.05) is 29.8 Å². The van der Waals surface area contributed by atoms with Crippen molar-refractivity contribution in [1.29, 1.82) is 0 Å². The van der Waals surface area contributed by atoms with E-state index in [9.17, 15) is 9.59 Å². The van der Waals surface area contributed by atoms with E-state index in [1.54, 1.807) is 0 Å². The molecule has 0 aromatic heterocycles. The molecule has 26 heavy (non-hydrogen) atoms. The van der Waals surface area contributed by atoms with E-state index in [1.165, 1.54) is 7.11 Å². The Kier molecular flexibility index (Phi) is 3.07. The minimum absolute atomic E-state index is 0.176. The number of esters is 1. The van der Waals surface area contributed by atoms with Gasteiger partial charge >= 0.3 is 5.97 Å². The zero-order chi connectivity index (χ0) is 18.3. The van der Waals surface area contributed by atoms with E-state index in [-0.39, 0.29) is 17.7 Å². The molecule has 136 valence electrons. The van der Waals surface area contributed by atoms with E-state index in [2.05, 4.69) is 21.9 Å². The molecule has 3 aliphatic heterocycles. The fourth-order valence-corrected chi connectivity index (χ4v) is 6.68. The molecule has 3 heterocycles. The molecule has 2 bridgehead atoms. The van der Waals surface area contributed by atoms with Crippen LogP contribution in [0.5, 0.6) is 0 Å². The Bertz CT molecular complexity index is 863. The van der Waals surface area contributed by atoms with Crippen LogP contribution in [0.1, 0.15) is 25.3 Å². The topological polar surface area (TPSA) is 49.9 Å². The van der Waals surface area contributed by atoms with Crippen LogP contribution in [0, 0.1) is 11.8 Å². The number of para-hydroxylation sites is 1. The monoisotopic (exact) mass is 352 g/mol. The van der Waals surface area contributed by atoms with Gasteiger partial charge in [0, 0.05) is 25.8 Å². The summed E-state index contributed by atoms with van der Waals surface area (Å²) in [6.07, 6.45) is 3.69. The van der Waals surface area contributed by atoms with E-state index in [0.29, 0.717) is 0 Å². The predicted octanol–water partition coefficient (Wildman–Crippen LogP) is 2.11. The number of ketones is 1. The number of anilines is 1. The average molecular weight is 352 g/mol. The van der Waals surface area contributed by atoms with Crippen LogP contribution in [-0.2, 0) is 19.7 Å². The Morgan fingerprint density at radius 2 is 2.08 bits per heavy atom. The maximum absolute atomic E-state index is 14.0. The van der Waals surface area contributed by atoms with Crippen LogP contribution in [-0.4, -0.2) is 49.6 Å². The molecule has 3 fully saturated rings. The summed E-state index contributed by atoms with van der Waals surface area (Å²) in [6, 6.07) is 8.22. The second-order valence-corrected chi connectivity index (χ2v) is 7.91. The molecule has 1 spiro atoms. The van der Waals surface area contributed by atoms with Crippen LogP contribution >= 0.6 is 0 Å². The molecule has 4 atom stereocenters. The average Bonchev–Trinajstić information content (AvgIpc) is 3.17. The SMILES string of the molecule is CC=C1CCN2CCC34c5ccccc5N(C)C23C(=O)C1C4C(=O)OC. The summed E-state index contributed by atoms with van der Waals surface area (Å²) in [4.78, 5) is 31.6. The van der Waals surface area contributed by atoms with Crippen molar-refractivity contribution in [2.45, 2.75) is 30.8 Å². The van der Waals surface area contributed by atoms with Gasteiger partial charge in [-0.25, -0.2) is 0 Å². The number of benzene rings is 1. The van der Waals surface area contributed by atoms with Gasteiger partial charge in [0.05, 0.1) is 24.4 Å². The molecule has 1 aromatic carbocycles. The van der Waals surface area contributed by atoms with Gasteiger partial charge in [0.2, 0.25) is 0 Å². The zero-order valence-corrected chi connectivity index (χ0v) is 15.5. The van der Waals surface area contributed by atoms with E-state index in [0.717, 1.165) is 42.8 Å². The lowest BCUT2D eigenvalue weighted by Gasteiger charge is -2.45. The highest BCUT2D eigenvalue weighted by Gasteiger charge is 2.82. The lowest BCUT2D eigenvalue weighted by Crippen LogP contribution is -2.65. The van der Waals surface area contributed by atoms with Gasteiger partial charge in [-0.05, 0) is 31.4 Å². The maximum atomic E-state index is 14.0. The van der Waals surface area contributed by atoms with Gasteiger partial charge in [0.15, 0.2) is 11.4 Å². The van der Waals surface area contributed by atoms with Crippen LogP contribution in [0.2, 0.25) is 0 Å². The lowest BCUT2D eigenvalue weighted by molar-refractivity contribution is -0.149. The number of hydrogen-bond donors (Lipinski definition) is 0. The second-order valence-electron chi connectivity index (χ2n) is 7.91. The number of fused-ring (bicyclic) bond motifs is 2. The highest BCUT2D eigenvalue weighted by atomic mass is 16.5. The summed E-state index contributed by atoms with van der Waals surface area (Å²) in [5.74, 6) is -0.913. The molecular weight excluding hydrogens is 328 g/mol. The lowest BCUT2D eigenvalue weighted by atomic mass is 9.66. The minimum Gasteiger partial charge on any atom is -0.469 e. The van der Waals surface area contributed by atoms with E-state index in [1.807, 2.05) is 32.2 Å². The molecule has 0 N–H and O–H groups in total. The Balaban J connectivity index is 1.89. The van der Waals surface area contributed by atoms with Crippen LogP contribution in [0.4, 0.5) is 5.69 Å². The standard InChI is InChI=1S/C21H24N2O3/c1-4-13-9-11-23-12-10-20-14-7-5-6-8-15(14)22(2)21(20,23)18(24)16(13)17(20)19(25)26-3/h4-8,16-17H,9-12H2,1-3H3. The number of carbonyl (C=O) groups is 2. The zero-order valence-electron chi connectivity index (χ0n) is 15.5. The Labute approximate surface area is 153 Å². The molecule has 1 aliphatic carbocycles. The molecule has 1 aromatic rings. The van der Waals surface area contributed by atoms with Gasteiger partial charge in [0.1, 0.15) is 0 Å². The third-order valence-corrected chi connectivity index (χ3v) is 7.47. The van der Waals surface area contributed by atoms with Crippen molar-refractivity contribution in [1.82, 2.24) is 4.90 Å². The summed E-state index contributed by atoms with van der Waals surface area (Å²) < 4.78 is 5.27. The van der Waals surface area contributed by atoms with Crippen LogP contribution in [0.3, 0.4) is 0 Å². The van der Waals surface area contributed by atoms with Crippen molar-refractivity contribution in [2.24, 2.45) is 11.8 Å². The molecule has 5 nitrogen and oxygen atoms in total. The summed E-state index contributed by atoms with van der Waals surface area (Å²) in [5.41, 5.74) is 2.01. The highest BCUT2D eigenvalue weighted by molar-refractivity contribution is 6.08. The van der Waals surface area contributed by atoms with Crippen molar-refractivity contribution in [2.75, 3.05) is 32.1 Å².